The Balaban J connectivity index is 2.08. The Morgan fingerprint density at radius 1 is 0.857 bits per heavy atom. The van der Waals surface area contributed by atoms with E-state index in [1.54, 1.807) is 0 Å². The van der Waals surface area contributed by atoms with Gasteiger partial charge in [0.15, 0.2) is 0 Å². The number of hydrogen-bond donors (Lipinski definition) is 0. The number of carbonyl (C=O) groups excluding carboxylic acids is 1. The maximum Gasteiger partial charge on any atom is 0.514 e. The van der Waals surface area contributed by atoms with Crippen molar-refractivity contribution >= 4 is 6.16 Å². The number of carbonyl (C=O) groups is 1. The maximum atomic E-state index is 12.4. The van der Waals surface area contributed by atoms with E-state index in [4.69, 9.17) is 9.47 Å². The fourth-order valence-corrected chi connectivity index (χ4v) is 3.39. The lowest BCUT2D eigenvalue weighted by atomic mass is 9.96. The normalized spacial score (nSPS) is 11.8. The van der Waals surface area contributed by atoms with Crippen molar-refractivity contribution in [1.29, 1.82) is 0 Å². The summed E-state index contributed by atoms with van der Waals surface area (Å²) in [7, 11) is 0. The van der Waals surface area contributed by atoms with Crippen LogP contribution in [0.25, 0.3) is 0 Å². The molecule has 1 unspecified atom stereocenters. The highest BCUT2D eigenvalue weighted by Gasteiger charge is 2.17. The quantitative estimate of drug-likeness (QED) is 0.230. The van der Waals surface area contributed by atoms with E-state index in [1.165, 1.54) is 31.2 Å². The van der Waals surface area contributed by atoms with Gasteiger partial charge in [-0.2, -0.15) is 0 Å². The van der Waals surface area contributed by atoms with Crippen LogP contribution in [-0.2, 0) is 17.6 Å². The van der Waals surface area contributed by atoms with E-state index in [0.29, 0.717) is 5.75 Å². The molecule has 1 atom stereocenters. The van der Waals surface area contributed by atoms with Crippen LogP contribution in [0.3, 0.4) is 0 Å². The third kappa shape index (κ3) is 7.03. The third-order valence-electron chi connectivity index (χ3n) is 5.05. The van der Waals surface area contributed by atoms with Crippen molar-refractivity contribution in [2.24, 2.45) is 0 Å². The Kier molecular flexibility index (Phi) is 9.61. The van der Waals surface area contributed by atoms with E-state index in [-0.39, 0.29) is 6.10 Å². The van der Waals surface area contributed by atoms with Gasteiger partial charge in [0.2, 0.25) is 0 Å². The molecule has 0 aromatic heterocycles. The van der Waals surface area contributed by atoms with Gasteiger partial charge in [0, 0.05) is 0 Å². The molecular formula is C25H34O3. The van der Waals surface area contributed by atoms with Crippen molar-refractivity contribution in [3.8, 4) is 5.75 Å². The van der Waals surface area contributed by atoms with Crippen LogP contribution in [0.5, 0.6) is 5.75 Å². The minimum absolute atomic E-state index is 0.343. The summed E-state index contributed by atoms with van der Waals surface area (Å²) in [5, 5.41) is 0. The van der Waals surface area contributed by atoms with Gasteiger partial charge in [0.05, 0.1) is 0 Å². The van der Waals surface area contributed by atoms with Gasteiger partial charge >= 0.3 is 6.16 Å². The predicted molar refractivity (Wildman–Crippen MR) is 115 cm³/mol. The molecule has 0 fully saturated rings. The Bertz CT molecular complexity index is 709. The van der Waals surface area contributed by atoms with Gasteiger partial charge in [-0.25, -0.2) is 4.79 Å². The summed E-state index contributed by atoms with van der Waals surface area (Å²) in [5.41, 5.74) is 3.42. The van der Waals surface area contributed by atoms with Crippen molar-refractivity contribution in [1.82, 2.24) is 0 Å². The maximum absolute atomic E-state index is 12.4. The standard InChI is InChI=1S/C25H34O3/c1-4-6-9-16-22-17-13-19-24(23(22)18-10-7-5-2)28-25(26)27-20(3)21-14-11-8-12-15-21/h8,11-15,17,19-20H,4-7,9-10,16,18H2,1-3H3. The van der Waals surface area contributed by atoms with E-state index in [9.17, 15) is 4.79 Å². The van der Waals surface area contributed by atoms with E-state index in [0.717, 1.165) is 36.8 Å². The van der Waals surface area contributed by atoms with E-state index in [1.807, 2.05) is 49.4 Å². The fourth-order valence-electron chi connectivity index (χ4n) is 3.39. The Hall–Kier alpha value is -2.29. The zero-order chi connectivity index (χ0) is 20.2. The summed E-state index contributed by atoms with van der Waals surface area (Å²) >= 11 is 0. The van der Waals surface area contributed by atoms with Crippen molar-refractivity contribution in [2.45, 2.75) is 78.2 Å². The average Bonchev–Trinajstić information content (AvgIpc) is 2.70. The highest BCUT2D eigenvalue weighted by molar-refractivity contribution is 5.65. The molecule has 0 aliphatic carbocycles. The van der Waals surface area contributed by atoms with Crippen LogP contribution in [-0.4, -0.2) is 6.16 Å². The second-order valence-corrected chi connectivity index (χ2v) is 7.33. The molecule has 0 radical (unpaired) electrons. The molecule has 0 aliphatic rings. The lowest BCUT2D eigenvalue weighted by Gasteiger charge is -2.17. The van der Waals surface area contributed by atoms with E-state index < -0.39 is 6.16 Å². The second-order valence-electron chi connectivity index (χ2n) is 7.33. The lowest BCUT2D eigenvalue weighted by Crippen LogP contribution is -2.15. The summed E-state index contributed by atoms with van der Waals surface area (Å²) < 4.78 is 11.2. The third-order valence-corrected chi connectivity index (χ3v) is 5.05. The molecule has 152 valence electrons. The molecule has 0 saturated heterocycles. The van der Waals surface area contributed by atoms with Gasteiger partial charge in [-0.1, -0.05) is 82.0 Å². The molecule has 0 amide bonds. The van der Waals surface area contributed by atoms with Crippen LogP contribution in [0.15, 0.2) is 48.5 Å². The van der Waals surface area contributed by atoms with Crippen molar-refractivity contribution in [2.75, 3.05) is 0 Å². The summed E-state index contributed by atoms with van der Waals surface area (Å²) in [6.07, 6.45) is 8.02. The Labute approximate surface area is 170 Å². The number of rotatable bonds is 11. The van der Waals surface area contributed by atoms with Crippen LogP contribution >= 0.6 is 0 Å². The summed E-state index contributed by atoms with van der Waals surface area (Å²) in [5.74, 6) is 0.648. The highest BCUT2D eigenvalue weighted by Crippen LogP contribution is 2.27. The molecule has 3 heteroatoms. The van der Waals surface area contributed by atoms with Gasteiger partial charge in [-0.05, 0) is 55.4 Å². The van der Waals surface area contributed by atoms with Gasteiger partial charge in [-0.15, -0.1) is 0 Å². The molecule has 0 saturated carbocycles. The zero-order valence-electron chi connectivity index (χ0n) is 17.6. The summed E-state index contributed by atoms with van der Waals surface area (Å²) in [6.45, 7) is 6.28. The summed E-state index contributed by atoms with van der Waals surface area (Å²) in [6, 6.07) is 15.7. The monoisotopic (exact) mass is 382 g/mol. The largest absolute Gasteiger partial charge is 0.514 e. The van der Waals surface area contributed by atoms with Gasteiger partial charge in [0.1, 0.15) is 11.9 Å². The van der Waals surface area contributed by atoms with Crippen LogP contribution in [0.4, 0.5) is 4.79 Å². The molecule has 0 spiro atoms. The first kappa shape index (κ1) is 22.0. The van der Waals surface area contributed by atoms with E-state index >= 15 is 0 Å². The van der Waals surface area contributed by atoms with Gasteiger partial charge in [-0.3, -0.25) is 0 Å². The van der Waals surface area contributed by atoms with Crippen LogP contribution in [0, 0.1) is 0 Å². The first-order chi connectivity index (χ1) is 13.7. The molecule has 2 rings (SSSR count). The van der Waals surface area contributed by atoms with Gasteiger partial charge in [0.25, 0.3) is 0 Å². The first-order valence-corrected chi connectivity index (χ1v) is 10.7. The number of ether oxygens (including phenoxy) is 2. The minimum Gasteiger partial charge on any atom is -0.426 e. The molecule has 0 aliphatic heterocycles. The lowest BCUT2D eigenvalue weighted by molar-refractivity contribution is 0.0652. The highest BCUT2D eigenvalue weighted by atomic mass is 16.7. The van der Waals surface area contributed by atoms with Crippen molar-refractivity contribution in [3.05, 3.63) is 65.2 Å². The Morgan fingerprint density at radius 2 is 1.54 bits per heavy atom. The number of benzene rings is 2. The van der Waals surface area contributed by atoms with E-state index in [2.05, 4.69) is 19.9 Å². The van der Waals surface area contributed by atoms with Crippen LogP contribution < -0.4 is 4.74 Å². The molecule has 28 heavy (non-hydrogen) atoms. The fraction of sp³-hybridized carbons (Fsp3) is 0.480. The minimum atomic E-state index is -0.640. The second kappa shape index (κ2) is 12.2. The van der Waals surface area contributed by atoms with Gasteiger partial charge < -0.3 is 9.47 Å². The topological polar surface area (TPSA) is 35.5 Å². The SMILES string of the molecule is CCCCCc1cccc(OC(=O)OC(C)c2ccccc2)c1CCCCC. The van der Waals surface area contributed by atoms with Crippen LogP contribution in [0.2, 0.25) is 0 Å². The molecular weight excluding hydrogens is 348 g/mol. The van der Waals surface area contributed by atoms with Crippen LogP contribution in [0.1, 0.15) is 82.1 Å². The van der Waals surface area contributed by atoms with Crippen molar-refractivity contribution < 1.29 is 14.3 Å². The number of unbranched alkanes of at least 4 members (excludes halogenated alkanes) is 4. The molecule has 0 N–H and O–H groups in total. The smallest absolute Gasteiger partial charge is 0.426 e. The predicted octanol–water partition coefficient (Wildman–Crippen LogP) is 7.43. The molecule has 0 bridgehead atoms. The number of hydrogen-bond acceptors (Lipinski definition) is 3. The summed E-state index contributed by atoms with van der Waals surface area (Å²) in [4.78, 5) is 12.4. The first-order valence-electron chi connectivity index (χ1n) is 10.7. The zero-order valence-corrected chi connectivity index (χ0v) is 17.6. The van der Waals surface area contributed by atoms with Crippen molar-refractivity contribution in [3.63, 3.8) is 0 Å². The molecule has 2 aromatic carbocycles. The number of aryl methyl sites for hydroxylation is 1. The Morgan fingerprint density at radius 3 is 2.21 bits per heavy atom. The average molecular weight is 383 g/mol. The molecule has 0 heterocycles. The molecule has 2 aromatic rings. The molecule has 3 nitrogen and oxygen atoms in total.